The van der Waals surface area contributed by atoms with Gasteiger partial charge in [0.2, 0.25) is 0 Å². The molecule has 1 aromatic heterocycles. The molecule has 3 aliphatic rings. The minimum absolute atomic E-state index is 0.159. The third-order valence-corrected chi connectivity index (χ3v) is 5.93. The SMILES string of the molecule is O=C(NC[C@@H]1CO[C@@H]2CN(CC3CCOCC3)C[C@H]12)c1cnccn1.O=C(O)C(F)(F)F. The molecule has 1 amide bonds. The number of carboxylic acids is 1. The first-order valence-corrected chi connectivity index (χ1v) is 10.5. The number of ether oxygens (including phenoxy) is 2. The highest BCUT2D eigenvalue weighted by atomic mass is 19.4. The standard InChI is InChI=1S/C18H26N4O3.C2HF3O2/c23-18(16-8-19-3-4-20-16)21-7-14-12-25-17-11-22(10-15(14)17)9-13-1-5-24-6-2-13;3-2(4,5)1(6)7/h3-4,8,13-15,17H,1-2,5-7,9-12H2,(H,21,23);(H,6,7)/t14-,15-,17-;/m1./s1. The van der Waals surface area contributed by atoms with Crippen molar-refractivity contribution in [3.63, 3.8) is 0 Å². The number of fused-ring (bicyclic) bond motifs is 1. The van der Waals surface area contributed by atoms with Crippen molar-refractivity contribution in [1.82, 2.24) is 20.2 Å². The lowest BCUT2D eigenvalue weighted by Crippen LogP contribution is -2.35. The topological polar surface area (TPSA) is 114 Å². The van der Waals surface area contributed by atoms with Crippen molar-refractivity contribution in [2.24, 2.45) is 17.8 Å². The molecule has 3 aliphatic heterocycles. The van der Waals surface area contributed by atoms with Crippen molar-refractivity contribution in [2.75, 3.05) is 46.0 Å². The third-order valence-electron chi connectivity index (χ3n) is 5.93. The molecule has 9 nitrogen and oxygen atoms in total. The second kappa shape index (κ2) is 11.0. The molecule has 12 heteroatoms. The van der Waals surface area contributed by atoms with Crippen LogP contribution in [0.5, 0.6) is 0 Å². The molecule has 3 saturated heterocycles. The molecule has 2 N–H and O–H groups in total. The smallest absolute Gasteiger partial charge is 0.475 e. The van der Waals surface area contributed by atoms with E-state index in [4.69, 9.17) is 19.4 Å². The summed E-state index contributed by atoms with van der Waals surface area (Å²) in [6.45, 7) is 6.43. The lowest BCUT2D eigenvalue weighted by molar-refractivity contribution is -0.192. The van der Waals surface area contributed by atoms with E-state index < -0.39 is 12.1 Å². The number of rotatable bonds is 5. The minimum Gasteiger partial charge on any atom is -0.475 e. The number of alkyl halides is 3. The first-order valence-electron chi connectivity index (χ1n) is 10.5. The molecule has 4 heterocycles. The van der Waals surface area contributed by atoms with Crippen LogP contribution in [0, 0.1) is 17.8 Å². The molecule has 3 atom stereocenters. The predicted molar refractivity (Wildman–Crippen MR) is 105 cm³/mol. The van der Waals surface area contributed by atoms with Crippen LogP contribution in [-0.2, 0) is 14.3 Å². The van der Waals surface area contributed by atoms with Gasteiger partial charge in [0.05, 0.1) is 18.9 Å². The van der Waals surface area contributed by atoms with E-state index in [2.05, 4.69) is 20.2 Å². The van der Waals surface area contributed by atoms with Crippen molar-refractivity contribution >= 4 is 11.9 Å². The van der Waals surface area contributed by atoms with Gasteiger partial charge in [-0.05, 0) is 18.8 Å². The van der Waals surface area contributed by atoms with E-state index in [0.29, 0.717) is 30.2 Å². The number of carbonyl (C=O) groups is 2. The Hall–Kier alpha value is -2.31. The normalized spacial score (nSPS) is 26.2. The van der Waals surface area contributed by atoms with E-state index in [1.165, 1.54) is 25.2 Å². The number of amides is 1. The zero-order chi connectivity index (χ0) is 23.1. The van der Waals surface area contributed by atoms with E-state index in [0.717, 1.165) is 45.4 Å². The van der Waals surface area contributed by atoms with Gasteiger partial charge in [0, 0.05) is 63.6 Å². The van der Waals surface area contributed by atoms with Crippen LogP contribution >= 0.6 is 0 Å². The average molecular weight is 460 g/mol. The molecule has 0 spiro atoms. The van der Waals surface area contributed by atoms with Crippen molar-refractivity contribution in [3.05, 3.63) is 24.3 Å². The van der Waals surface area contributed by atoms with Crippen LogP contribution in [0.3, 0.4) is 0 Å². The van der Waals surface area contributed by atoms with Crippen LogP contribution in [0.15, 0.2) is 18.6 Å². The van der Waals surface area contributed by atoms with Crippen molar-refractivity contribution in [2.45, 2.75) is 25.1 Å². The number of hydrogen-bond acceptors (Lipinski definition) is 7. The van der Waals surface area contributed by atoms with Crippen molar-refractivity contribution in [3.8, 4) is 0 Å². The number of aliphatic carboxylic acids is 1. The number of nitrogens with zero attached hydrogens (tertiary/aromatic N) is 3. The molecule has 0 bridgehead atoms. The first kappa shape index (κ1) is 24.3. The van der Waals surface area contributed by atoms with E-state index >= 15 is 0 Å². The van der Waals surface area contributed by atoms with Crippen molar-refractivity contribution in [1.29, 1.82) is 0 Å². The number of likely N-dealkylation sites (tertiary alicyclic amines) is 1. The summed E-state index contributed by atoms with van der Waals surface area (Å²) in [5.74, 6) is -1.27. The Labute approximate surface area is 183 Å². The molecule has 0 aromatic carbocycles. The highest BCUT2D eigenvalue weighted by Crippen LogP contribution is 2.34. The summed E-state index contributed by atoms with van der Waals surface area (Å²) in [6.07, 6.45) is 2.17. The van der Waals surface area contributed by atoms with Gasteiger partial charge in [0.25, 0.3) is 5.91 Å². The fourth-order valence-electron chi connectivity index (χ4n) is 4.26. The van der Waals surface area contributed by atoms with Gasteiger partial charge in [-0.2, -0.15) is 13.2 Å². The maximum atomic E-state index is 12.1. The quantitative estimate of drug-likeness (QED) is 0.674. The van der Waals surface area contributed by atoms with Gasteiger partial charge in [-0.25, -0.2) is 9.78 Å². The van der Waals surface area contributed by atoms with Gasteiger partial charge >= 0.3 is 12.1 Å². The molecule has 0 unspecified atom stereocenters. The Morgan fingerprint density at radius 2 is 1.94 bits per heavy atom. The van der Waals surface area contributed by atoms with Crippen LogP contribution in [0.1, 0.15) is 23.3 Å². The molecule has 178 valence electrons. The summed E-state index contributed by atoms with van der Waals surface area (Å²) in [4.78, 5) is 31.6. The van der Waals surface area contributed by atoms with Gasteiger partial charge in [-0.15, -0.1) is 0 Å². The molecular formula is C20H27F3N4O5. The number of carbonyl (C=O) groups excluding carboxylic acids is 1. The summed E-state index contributed by atoms with van der Waals surface area (Å²) in [7, 11) is 0. The number of nitrogens with one attached hydrogen (secondary N) is 1. The van der Waals surface area contributed by atoms with Crippen LogP contribution in [0.4, 0.5) is 13.2 Å². The van der Waals surface area contributed by atoms with E-state index in [-0.39, 0.29) is 5.91 Å². The average Bonchev–Trinajstić information content (AvgIpc) is 3.33. The van der Waals surface area contributed by atoms with Gasteiger partial charge in [-0.3, -0.25) is 9.78 Å². The monoisotopic (exact) mass is 460 g/mol. The lowest BCUT2D eigenvalue weighted by atomic mass is 9.93. The van der Waals surface area contributed by atoms with Gasteiger partial charge in [0.15, 0.2) is 0 Å². The Morgan fingerprint density at radius 3 is 2.56 bits per heavy atom. The highest BCUT2D eigenvalue weighted by molar-refractivity contribution is 5.91. The molecule has 0 aliphatic carbocycles. The maximum absolute atomic E-state index is 12.1. The summed E-state index contributed by atoms with van der Waals surface area (Å²) >= 11 is 0. The Bertz CT molecular complexity index is 761. The molecule has 0 saturated carbocycles. The van der Waals surface area contributed by atoms with E-state index in [1.54, 1.807) is 6.20 Å². The Morgan fingerprint density at radius 1 is 1.22 bits per heavy atom. The summed E-state index contributed by atoms with van der Waals surface area (Å²) < 4.78 is 43.2. The minimum atomic E-state index is -5.08. The van der Waals surface area contributed by atoms with E-state index in [1.807, 2.05) is 0 Å². The summed E-state index contributed by atoms with van der Waals surface area (Å²) in [5.41, 5.74) is 0.366. The number of hydrogen-bond donors (Lipinski definition) is 2. The molecule has 32 heavy (non-hydrogen) atoms. The molecular weight excluding hydrogens is 433 g/mol. The maximum Gasteiger partial charge on any atom is 0.490 e. The lowest BCUT2D eigenvalue weighted by Gasteiger charge is -2.27. The number of halogens is 3. The fraction of sp³-hybridized carbons (Fsp3) is 0.700. The van der Waals surface area contributed by atoms with Crippen LogP contribution in [-0.4, -0.2) is 90.1 Å². The Balaban J connectivity index is 0.000000360. The van der Waals surface area contributed by atoms with Crippen LogP contribution < -0.4 is 5.32 Å². The zero-order valence-corrected chi connectivity index (χ0v) is 17.5. The van der Waals surface area contributed by atoms with Crippen LogP contribution in [0.2, 0.25) is 0 Å². The second-order valence-electron chi connectivity index (χ2n) is 8.17. The van der Waals surface area contributed by atoms with Gasteiger partial charge in [0.1, 0.15) is 5.69 Å². The Kier molecular flexibility index (Phi) is 8.38. The molecule has 1 aromatic rings. The molecule has 3 fully saturated rings. The number of aromatic nitrogens is 2. The predicted octanol–water partition coefficient (Wildman–Crippen LogP) is 1.21. The van der Waals surface area contributed by atoms with Gasteiger partial charge in [-0.1, -0.05) is 0 Å². The summed E-state index contributed by atoms with van der Waals surface area (Å²) in [5, 5.41) is 10.1. The van der Waals surface area contributed by atoms with Gasteiger partial charge < -0.3 is 24.8 Å². The number of carboxylic acid groups (broad SMARTS) is 1. The van der Waals surface area contributed by atoms with Crippen molar-refractivity contribution < 1.29 is 37.3 Å². The third kappa shape index (κ3) is 6.84. The first-order chi connectivity index (χ1) is 15.2. The largest absolute Gasteiger partial charge is 0.490 e. The highest BCUT2D eigenvalue weighted by Gasteiger charge is 2.44. The fourth-order valence-corrected chi connectivity index (χ4v) is 4.26. The molecule has 0 radical (unpaired) electrons. The van der Waals surface area contributed by atoms with Crippen LogP contribution in [0.25, 0.3) is 0 Å². The summed E-state index contributed by atoms with van der Waals surface area (Å²) in [6, 6.07) is 0. The zero-order valence-electron chi connectivity index (χ0n) is 17.5. The van der Waals surface area contributed by atoms with E-state index in [9.17, 15) is 18.0 Å². The molecule has 4 rings (SSSR count). The second-order valence-corrected chi connectivity index (χ2v) is 8.17.